The molecule has 0 bridgehead atoms. The van der Waals surface area contributed by atoms with Crippen molar-refractivity contribution in [1.29, 1.82) is 0 Å². The molecule has 2 heterocycles. The number of hydrogen-bond acceptors (Lipinski definition) is 5. The number of aromatic nitrogens is 2. The molecule has 1 N–H and O–H groups in total. The molecule has 0 aliphatic carbocycles. The van der Waals surface area contributed by atoms with Gasteiger partial charge in [0, 0.05) is 43.6 Å². The molecule has 0 saturated heterocycles. The highest BCUT2D eigenvalue weighted by atomic mass is 32.2. The highest BCUT2D eigenvalue weighted by molar-refractivity contribution is 8.00. The number of nitrogens with one attached hydrogen (secondary N) is 1. The SMILES string of the molecule is Cc1ccc(NC(=O)CSCC(=O)N(Cc2ccncc2)Cc2cccnc2)cc1. The van der Waals surface area contributed by atoms with Crippen molar-refractivity contribution in [2.75, 3.05) is 16.8 Å². The Morgan fingerprint density at radius 1 is 0.900 bits per heavy atom. The van der Waals surface area contributed by atoms with Gasteiger partial charge in [-0.25, -0.2) is 0 Å². The van der Waals surface area contributed by atoms with Gasteiger partial charge in [0.05, 0.1) is 11.5 Å². The number of rotatable bonds is 9. The minimum atomic E-state index is -0.121. The van der Waals surface area contributed by atoms with E-state index < -0.39 is 0 Å². The van der Waals surface area contributed by atoms with Gasteiger partial charge in [-0.2, -0.15) is 0 Å². The highest BCUT2D eigenvalue weighted by Gasteiger charge is 2.16. The summed E-state index contributed by atoms with van der Waals surface area (Å²) in [6, 6.07) is 15.2. The molecule has 0 unspecified atom stereocenters. The van der Waals surface area contributed by atoms with Gasteiger partial charge in [0.1, 0.15) is 0 Å². The smallest absolute Gasteiger partial charge is 0.234 e. The number of pyridine rings is 2. The lowest BCUT2D eigenvalue weighted by atomic mass is 10.2. The summed E-state index contributed by atoms with van der Waals surface area (Å²) in [6.07, 6.45) is 6.90. The molecule has 2 amide bonds. The van der Waals surface area contributed by atoms with Crippen LogP contribution in [-0.2, 0) is 22.7 Å². The maximum Gasteiger partial charge on any atom is 0.234 e. The first kappa shape index (κ1) is 21.5. The highest BCUT2D eigenvalue weighted by Crippen LogP contribution is 2.13. The van der Waals surface area contributed by atoms with E-state index in [-0.39, 0.29) is 23.3 Å². The number of carbonyl (C=O) groups is 2. The van der Waals surface area contributed by atoms with E-state index in [0.29, 0.717) is 13.1 Å². The first-order valence-corrected chi connectivity index (χ1v) is 10.8. The Bertz CT molecular complexity index is 908. The summed E-state index contributed by atoms with van der Waals surface area (Å²) in [5, 5.41) is 2.85. The average molecular weight is 421 g/mol. The predicted molar refractivity (Wildman–Crippen MR) is 120 cm³/mol. The summed E-state index contributed by atoms with van der Waals surface area (Å²) in [6.45, 7) is 2.94. The Morgan fingerprint density at radius 3 is 2.33 bits per heavy atom. The second kappa shape index (κ2) is 11.1. The molecule has 2 aromatic heterocycles. The Hall–Kier alpha value is -3.19. The minimum Gasteiger partial charge on any atom is -0.333 e. The summed E-state index contributed by atoms with van der Waals surface area (Å²) in [7, 11) is 0. The van der Waals surface area contributed by atoms with Crippen molar-refractivity contribution in [1.82, 2.24) is 14.9 Å². The van der Waals surface area contributed by atoms with Gasteiger partial charge >= 0.3 is 0 Å². The number of anilines is 1. The third kappa shape index (κ3) is 7.00. The molecular weight excluding hydrogens is 396 g/mol. The van der Waals surface area contributed by atoms with Crippen molar-refractivity contribution < 1.29 is 9.59 Å². The van der Waals surface area contributed by atoms with E-state index >= 15 is 0 Å². The summed E-state index contributed by atoms with van der Waals surface area (Å²) in [5.74, 6) is 0.302. The fourth-order valence-corrected chi connectivity index (χ4v) is 3.53. The second-order valence-corrected chi connectivity index (χ2v) is 7.86. The van der Waals surface area contributed by atoms with E-state index in [0.717, 1.165) is 22.4 Å². The van der Waals surface area contributed by atoms with Crippen LogP contribution in [-0.4, -0.2) is 38.2 Å². The average Bonchev–Trinajstić information content (AvgIpc) is 2.76. The third-order valence-corrected chi connectivity index (χ3v) is 5.28. The van der Waals surface area contributed by atoms with E-state index in [2.05, 4.69) is 15.3 Å². The van der Waals surface area contributed by atoms with Crippen LogP contribution in [0.15, 0.2) is 73.3 Å². The van der Waals surface area contributed by atoms with E-state index in [9.17, 15) is 9.59 Å². The number of amides is 2. The normalized spacial score (nSPS) is 10.4. The largest absolute Gasteiger partial charge is 0.333 e. The maximum absolute atomic E-state index is 12.9. The van der Waals surface area contributed by atoms with Gasteiger partial charge in [-0.05, 0) is 48.4 Å². The molecule has 3 rings (SSSR count). The molecule has 1 aromatic carbocycles. The number of thioether (sulfide) groups is 1. The molecule has 6 nitrogen and oxygen atoms in total. The van der Waals surface area contributed by atoms with E-state index in [1.807, 2.05) is 55.5 Å². The summed E-state index contributed by atoms with van der Waals surface area (Å²) in [5.41, 5.74) is 3.86. The van der Waals surface area contributed by atoms with Crippen molar-refractivity contribution in [3.05, 3.63) is 90.0 Å². The van der Waals surface area contributed by atoms with Crippen molar-refractivity contribution in [3.63, 3.8) is 0 Å². The third-order valence-electron chi connectivity index (χ3n) is 4.37. The summed E-state index contributed by atoms with van der Waals surface area (Å²) >= 11 is 1.31. The van der Waals surface area contributed by atoms with Crippen LogP contribution in [0.3, 0.4) is 0 Å². The van der Waals surface area contributed by atoms with Crippen molar-refractivity contribution >= 4 is 29.3 Å². The van der Waals surface area contributed by atoms with Gasteiger partial charge in [0.15, 0.2) is 0 Å². The van der Waals surface area contributed by atoms with Crippen LogP contribution < -0.4 is 5.32 Å². The van der Waals surface area contributed by atoms with Crippen LogP contribution in [0.25, 0.3) is 0 Å². The molecule has 0 radical (unpaired) electrons. The van der Waals surface area contributed by atoms with Gasteiger partial charge in [0.25, 0.3) is 0 Å². The predicted octanol–water partition coefficient (Wildman–Crippen LogP) is 3.69. The number of hydrogen-bond donors (Lipinski definition) is 1. The van der Waals surface area contributed by atoms with Gasteiger partial charge in [-0.15, -0.1) is 11.8 Å². The lowest BCUT2D eigenvalue weighted by molar-refractivity contribution is -0.129. The lowest BCUT2D eigenvalue weighted by Gasteiger charge is -2.23. The van der Waals surface area contributed by atoms with Gasteiger partial charge in [-0.1, -0.05) is 23.8 Å². The Labute approximate surface area is 180 Å². The van der Waals surface area contributed by atoms with E-state index in [1.54, 1.807) is 29.7 Å². The molecule has 0 saturated carbocycles. The van der Waals surface area contributed by atoms with Crippen LogP contribution in [0.5, 0.6) is 0 Å². The van der Waals surface area contributed by atoms with Crippen LogP contribution in [0.4, 0.5) is 5.69 Å². The fraction of sp³-hybridized carbons (Fsp3) is 0.217. The number of nitrogens with zero attached hydrogens (tertiary/aromatic N) is 3. The quantitative estimate of drug-likeness (QED) is 0.571. The topological polar surface area (TPSA) is 75.2 Å². The monoisotopic (exact) mass is 420 g/mol. The first-order valence-electron chi connectivity index (χ1n) is 9.60. The molecule has 3 aromatic rings. The Balaban J connectivity index is 1.54. The maximum atomic E-state index is 12.9. The zero-order valence-corrected chi connectivity index (χ0v) is 17.6. The molecule has 30 heavy (non-hydrogen) atoms. The Kier molecular flexibility index (Phi) is 7.97. The molecule has 0 atom stereocenters. The molecule has 7 heteroatoms. The fourth-order valence-electron chi connectivity index (χ4n) is 2.81. The molecule has 0 fully saturated rings. The molecule has 0 aliphatic heterocycles. The molecule has 0 aliphatic rings. The van der Waals surface area contributed by atoms with Gasteiger partial charge in [-0.3, -0.25) is 19.6 Å². The molecule has 0 spiro atoms. The van der Waals surface area contributed by atoms with Crippen LogP contribution in [0.1, 0.15) is 16.7 Å². The molecule has 154 valence electrons. The number of aryl methyl sites for hydroxylation is 1. The lowest BCUT2D eigenvalue weighted by Crippen LogP contribution is -2.32. The molecular formula is C23H24N4O2S. The standard InChI is InChI=1S/C23H24N4O2S/c1-18-4-6-21(7-5-18)26-22(28)16-30-17-23(29)27(14-19-8-11-24-12-9-19)15-20-3-2-10-25-13-20/h2-13H,14-17H2,1H3,(H,26,28). The van der Waals surface area contributed by atoms with Crippen LogP contribution in [0.2, 0.25) is 0 Å². The first-order chi connectivity index (χ1) is 14.6. The minimum absolute atomic E-state index is 0.0243. The number of carbonyl (C=O) groups excluding carboxylic acids is 2. The summed E-state index contributed by atoms with van der Waals surface area (Å²) < 4.78 is 0. The van der Waals surface area contributed by atoms with Crippen LogP contribution in [0, 0.1) is 6.92 Å². The number of benzene rings is 1. The zero-order chi connectivity index (χ0) is 21.2. The van der Waals surface area contributed by atoms with Gasteiger partial charge < -0.3 is 10.2 Å². The van der Waals surface area contributed by atoms with Crippen LogP contribution >= 0.6 is 11.8 Å². The van der Waals surface area contributed by atoms with Crippen molar-refractivity contribution in [2.24, 2.45) is 0 Å². The van der Waals surface area contributed by atoms with Crippen molar-refractivity contribution in [3.8, 4) is 0 Å². The van der Waals surface area contributed by atoms with Gasteiger partial charge in [0.2, 0.25) is 11.8 Å². The van der Waals surface area contributed by atoms with E-state index in [4.69, 9.17) is 0 Å². The second-order valence-electron chi connectivity index (χ2n) is 6.87. The zero-order valence-electron chi connectivity index (χ0n) is 16.8. The summed E-state index contributed by atoms with van der Waals surface area (Å²) in [4.78, 5) is 35.0. The van der Waals surface area contributed by atoms with E-state index in [1.165, 1.54) is 11.8 Å². The van der Waals surface area contributed by atoms with Crippen molar-refractivity contribution in [2.45, 2.75) is 20.0 Å². The Morgan fingerprint density at radius 2 is 1.63 bits per heavy atom.